The highest BCUT2D eigenvalue weighted by molar-refractivity contribution is 6.17. The quantitative estimate of drug-likeness (QED) is 0.761. The predicted octanol–water partition coefficient (Wildman–Crippen LogP) is 4.68. The summed E-state index contributed by atoms with van der Waals surface area (Å²) in [5, 5.41) is 0. The van der Waals surface area contributed by atoms with E-state index in [2.05, 4.69) is 4.98 Å². The molecule has 0 saturated carbocycles. The Bertz CT molecular complexity index is 613. The summed E-state index contributed by atoms with van der Waals surface area (Å²) in [6.45, 7) is 5.54. The van der Waals surface area contributed by atoms with Crippen molar-refractivity contribution in [3.05, 3.63) is 52.5 Å². The molecule has 0 aliphatic carbocycles. The smallest absolute Gasteiger partial charge is 0.224 e. The SMILES string of the molecule is Cc1cc(C)c(CCl)c(Oc2ccc(C)c(F)c2)n1. The summed E-state index contributed by atoms with van der Waals surface area (Å²) < 4.78 is 19.2. The van der Waals surface area contributed by atoms with Gasteiger partial charge in [-0.1, -0.05) is 6.07 Å². The van der Waals surface area contributed by atoms with Gasteiger partial charge in [-0.05, 0) is 44.0 Å². The Hall–Kier alpha value is -1.61. The Morgan fingerprint density at radius 1 is 1.16 bits per heavy atom. The average Bonchev–Trinajstić information content (AvgIpc) is 2.33. The van der Waals surface area contributed by atoms with Crippen molar-refractivity contribution < 1.29 is 9.13 Å². The number of hydrogen-bond acceptors (Lipinski definition) is 2. The molecule has 2 rings (SSSR count). The van der Waals surface area contributed by atoms with Crippen molar-refractivity contribution in [1.29, 1.82) is 0 Å². The van der Waals surface area contributed by atoms with Gasteiger partial charge in [0.25, 0.3) is 0 Å². The van der Waals surface area contributed by atoms with Crippen molar-refractivity contribution in [1.82, 2.24) is 4.98 Å². The maximum atomic E-state index is 13.5. The lowest BCUT2D eigenvalue weighted by atomic mass is 10.1. The standard InChI is InChI=1S/C15H15ClFNO/c1-9-4-5-12(7-14(9)17)19-15-13(8-16)10(2)6-11(3)18-15/h4-7H,8H2,1-3H3. The molecule has 0 amide bonds. The fourth-order valence-corrected chi connectivity index (χ4v) is 2.15. The summed E-state index contributed by atoms with van der Waals surface area (Å²) in [6, 6.07) is 6.69. The molecule has 0 saturated heterocycles. The van der Waals surface area contributed by atoms with E-state index < -0.39 is 0 Å². The molecular weight excluding hydrogens is 265 g/mol. The third-order valence-electron chi connectivity index (χ3n) is 2.93. The van der Waals surface area contributed by atoms with Gasteiger partial charge in [0.05, 0.1) is 5.88 Å². The molecule has 0 spiro atoms. The van der Waals surface area contributed by atoms with Gasteiger partial charge < -0.3 is 4.74 Å². The largest absolute Gasteiger partial charge is 0.439 e. The third kappa shape index (κ3) is 3.04. The van der Waals surface area contributed by atoms with E-state index in [9.17, 15) is 4.39 Å². The van der Waals surface area contributed by atoms with Gasteiger partial charge in [0.2, 0.25) is 5.88 Å². The summed E-state index contributed by atoms with van der Waals surface area (Å²) in [4.78, 5) is 4.32. The van der Waals surface area contributed by atoms with Gasteiger partial charge in [0.15, 0.2) is 0 Å². The first-order valence-electron chi connectivity index (χ1n) is 5.98. The number of benzene rings is 1. The summed E-state index contributed by atoms with van der Waals surface area (Å²) in [7, 11) is 0. The molecule has 1 aromatic carbocycles. The van der Waals surface area contributed by atoms with Crippen LogP contribution in [0.4, 0.5) is 4.39 Å². The normalized spacial score (nSPS) is 10.6. The van der Waals surface area contributed by atoms with E-state index in [4.69, 9.17) is 16.3 Å². The zero-order chi connectivity index (χ0) is 14.0. The molecule has 0 aliphatic heterocycles. The van der Waals surface area contributed by atoms with Crippen LogP contribution in [0.25, 0.3) is 0 Å². The number of aryl methyl sites for hydroxylation is 3. The topological polar surface area (TPSA) is 22.1 Å². The van der Waals surface area contributed by atoms with Gasteiger partial charge in [-0.3, -0.25) is 0 Å². The zero-order valence-corrected chi connectivity index (χ0v) is 11.9. The van der Waals surface area contributed by atoms with Gasteiger partial charge in [-0.25, -0.2) is 9.37 Å². The van der Waals surface area contributed by atoms with E-state index >= 15 is 0 Å². The molecule has 0 atom stereocenters. The van der Waals surface area contributed by atoms with Crippen LogP contribution in [0.1, 0.15) is 22.4 Å². The predicted molar refractivity (Wildman–Crippen MR) is 74.5 cm³/mol. The second kappa shape index (κ2) is 5.57. The number of halogens is 2. The molecule has 0 aliphatic rings. The molecule has 0 bridgehead atoms. The molecule has 2 nitrogen and oxygen atoms in total. The Balaban J connectivity index is 2.39. The lowest BCUT2D eigenvalue weighted by molar-refractivity contribution is 0.451. The second-order valence-corrected chi connectivity index (χ2v) is 4.78. The van der Waals surface area contributed by atoms with E-state index in [0.29, 0.717) is 23.1 Å². The van der Waals surface area contributed by atoms with Crippen molar-refractivity contribution in [3.8, 4) is 11.6 Å². The van der Waals surface area contributed by atoms with Crippen LogP contribution in [-0.2, 0) is 5.88 Å². The molecule has 2 aromatic rings. The number of ether oxygens (including phenoxy) is 1. The molecule has 1 heterocycles. The first kappa shape index (κ1) is 13.8. The molecule has 0 unspecified atom stereocenters. The van der Waals surface area contributed by atoms with Gasteiger partial charge in [0.1, 0.15) is 11.6 Å². The average molecular weight is 280 g/mol. The van der Waals surface area contributed by atoms with Crippen LogP contribution in [0, 0.1) is 26.6 Å². The maximum Gasteiger partial charge on any atom is 0.224 e. The Kier molecular flexibility index (Phi) is 4.05. The summed E-state index contributed by atoms with van der Waals surface area (Å²) in [5.74, 6) is 0.875. The van der Waals surface area contributed by atoms with Crippen LogP contribution < -0.4 is 4.74 Å². The highest BCUT2D eigenvalue weighted by Gasteiger charge is 2.11. The number of rotatable bonds is 3. The van der Waals surface area contributed by atoms with Gasteiger partial charge in [-0.15, -0.1) is 11.6 Å². The van der Waals surface area contributed by atoms with E-state index in [1.165, 1.54) is 6.07 Å². The number of pyridine rings is 1. The van der Waals surface area contributed by atoms with E-state index in [1.54, 1.807) is 19.1 Å². The van der Waals surface area contributed by atoms with Crippen LogP contribution >= 0.6 is 11.6 Å². The first-order chi connectivity index (χ1) is 9.01. The minimum atomic E-state index is -0.297. The van der Waals surface area contributed by atoms with Crippen LogP contribution in [-0.4, -0.2) is 4.98 Å². The number of aromatic nitrogens is 1. The van der Waals surface area contributed by atoms with Crippen molar-refractivity contribution in [2.45, 2.75) is 26.7 Å². The summed E-state index contributed by atoms with van der Waals surface area (Å²) in [5.41, 5.74) is 3.27. The number of nitrogens with zero attached hydrogens (tertiary/aromatic N) is 1. The number of alkyl halides is 1. The monoisotopic (exact) mass is 279 g/mol. The van der Waals surface area contributed by atoms with Crippen molar-refractivity contribution in [2.75, 3.05) is 0 Å². The first-order valence-corrected chi connectivity index (χ1v) is 6.52. The molecular formula is C15H15ClFNO. The molecule has 0 N–H and O–H groups in total. The van der Waals surface area contributed by atoms with Crippen LogP contribution in [0.2, 0.25) is 0 Å². The van der Waals surface area contributed by atoms with Crippen LogP contribution in [0.3, 0.4) is 0 Å². The highest BCUT2D eigenvalue weighted by Crippen LogP contribution is 2.28. The number of hydrogen-bond donors (Lipinski definition) is 0. The Morgan fingerprint density at radius 3 is 2.53 bits per heavy atom. The van der Waals surface area contributed by atoms with E-state index in [1.807, 2.05) is 19.9 Å². The molecule has 1 aromatic heterocycles. The maximum absolute atomic E-state index is 13.5. The summed E-state index contributed by atoms with van der Waals surface area (Å²) >= 11 is 5.92. The molecule has 19 heavy (non-hydrogen) atoms. The Labute approximate surface area is 117 Å². The van der Waals surface area contributed by atoms with Crippen LogP contribution in [0.5, 0.6) is 11.6 Å². The van der Waals surface area contributed by atoms with E-state index in [-0.39, 0.29) is 5.82 Å². The molecule has 0 fully saturated rings. The second-order valence-electron chi connectivity index (χ2n) is 4.51. The van der Waals surface area contributed by atoms with Gasteiger partial charge in [-0.2, -0.15) is 0 Å². The highest BCUT2D eigenvalue weighted by atomic mass is 35.5. The Morgan fingerprint density at radius 2 is 1.89 bits per heavy atom. The minimum Gasteiger partial charge on any atom is -0.439 e. The van der Waals surface area contributed by atoms with Crippen molar-refractivity contribution >= 4 is 11.6 Å². The van der Waals surface area contributed by atoms with E-state index in [0.717, 1.165) is 16.8 Å². The zero-order valence-electron chi connectivity index (χ0n) is 11.1. The lowest BCUT2D eigenvalue weighted by Gasteiger charge is -2.12. The van der Waals surface area contributed by atoms with Crippen LogP contribution in [0.15, 0.2) is 24.3 Å². The molecule has 4 heteroatoms. The summed E-state index contributed by atoms with van der Waals surface area (Å²) in [6.07, 6.45) is 0. The molecule has 100 valence electrons. The third-order valence-corrected chi connectivity index (χ3v) is 3.20. The molecule has 0 radical (unpaired) electrons. The minimum absolute atomic E-state index is 0.297. The van der Waals surface area contributed by atoms with Gasteiger partial charge >= 0.3 is 0 Å². The lowest BCUT2D eigenvalue weighted by Crippen LogP contribution is -1.98. The fraction of sp³-hybridized carbons (Fsp3) is 0.267. The van der Waals surface area contributed by atoms with Crippen molar-refractivity contribution in [2.24, 2.45) is 0 Å². The van der Waals surface area contributed by atoms with Crippen molar-refractivity contribution in [3.63, 3.8) is 0 Å². The fourth-order valence-electron chi connectivity index (χ4n) is 1.82. The van der Waals surface area contributed by atoms with Gasteiger partial charge in [0, 0.05) is 17.3 Å².